The Morgan fingerprint density at radius 1 is 0.739 bits per heavy atom. The van der Waals surface area contributed by atoms with Gasteiger partial charge in [-0.3, -0.25) is 0 Å². The first-order valence-electron chi connectivity index (χ1n) is 13.9. The first-order chi connectivity index (χ1) is 21.4. The highest BCUT2D eigenvalue weighted by molar-refractivity contribution is 5.88. The van der Waals surface area contributed by atoms with Crippen molar-refractivity contribution in [2.24, 2.45) is 54.4 Å². The monoisotopic (exact) mass is 660 g/mol. The molecule has 46 heavy (non-hydrogen) atoms. The Morgan fingerprint density at radius 3 is 1.37 bits per heavy atom. The average Bonchev–Trinajstić information content (AvgIpc) is 3.64. The van der Waals surface area contributed by atoms with Gasteiger partial charge in [0.15, 0.2) is 35.2 Å². The minimum absolute atomic E-state index is 0.0734. The Kier molecular flexibility index (Phi) is 8.66. The number of aliphatic hydroxyl groups excluding tert-OH is 2. The SMILES string of the molecule is CC.NC(=O)OC[C@@H]1N=C(N)N2C[C@H](O)C(O)(O)[C@@]23NC(N)=N[C@@H]13.NC(=O)OC[C@@H]1N=C(N)N2C[C@H](O)C(O)(O)[C@@]23NC(N)=N[C@@H]13. The van der Waals surface area contributed by atoms with Gasteiger partial charge in [0.2, 0.25) is 11.6 Å². The number of nitrogens with one attached hydrogen (secondary N) is 2. The van der Waals surface area contributed by atoms with E-state index in [1.54, 1.807) is 0 Å². The highest BCUT2D eigenvalue weighted by Crippen LogP contribution is 2.46. The summed E-state index contributed by atoms with van der Waals surface area (Å²) < 4.78 is 9.41. The van der Waals surface area contributed by atoms with Crippen LogP contribution in [-0.4, -0.2) is 162 Å². The predicted molar refractivity (Wildman–Crippen MR) is 156 cm³/mol. The van der Waals surface area contributed by atoms with Crippen LogP contribution in [-0.2, 0) is 9.47 Å². The van der Waals surface area contributed by atoms with Crippen molar-refractivity contribution in [1.29, 1.82) is 0 Å². The van der Waals surface area contributed by atoms with E-state index in [0.29, 0.717) is 0 Å². The van der Waals surface area contributed by atoms with E-state index >= 15 is 0 Å². The van der Waals surface area contributed by atoms with E-state index in [9.17, 15) is 40.2 Å². The number of rotatable bonds is 4. The molecular weight excluding hydrogens is 620 g/mol. The van der Waals surface area contributed by atoms with Crippen molar-refractivity contribution < 1.29 is 49.7 Å². The van der Waals surface area contributed by atoms with E-state index in [1.165, 1.54) is 9.80 Å². The molecular formula is C22H40N14O10. The maximum absolute atomic E-state index is 10.8. The molecule has 2 amide bonds. The maximum atomic E-state index is 10.8. The standard InChI is InChI=1S/2C10H17N7O5.C2H6/c2*11-6-15-5-3(2-22-8(13)19)14-7(12)17-1-4(18)10(20,21)9(5,17)16-6;1-2/h2*3-5,18,20-21H,1-2H2,(H2,12,14)(H2,13,19)(H3,11,15,16);1-2H3/t2*3-,4-,5-,9-;/m00./s1. The van der Waals surface area contributed by atoms with E-state index < -0.39 is 71.5 Å². The molecule has 6 rings (SSSR count). The van der Waals surface area contributed by atoms with Crippen LogP contribution in [0.1, 0.15) is 13.8 Å². The van der Waals surface area contributed by atoms with Crippen molar-refractivity contribution in [3.63, 3.8) is 0 Å². The summed E-state index contributed by atoms with van der Waals surface area (Å²) >= 11 is 0. The van der Waals surface area contributed by atoms with Crippen LogP contribution in [0.3, 0.4) is 0 Å². The fraction of sp³-hybridized carbons (Fsp3) is 0.727. The van der Waals surface area contributed by atoms with Crippen LogP contribution in [0, 0.1) is 0 Å². The number of carbonyl (C=O) groups excluding carboxylic acids is 2. The maximum Gasteiger partial charge on any atom is 0.404 e. The Labute approximate surface area is 260 Å². The van der Waals surface area contributed by atoms with Crippen LogP contribution in [0.4, 0.5) is 9.59 Å². The lowest BCUT2D eigenvalue weighted by atomic mass is 9.86. The molecule has 24 nitrogen and oxygen atoms in total. The lowest BCUT2D eigenvalue weighted by Gasteiger charge is -2.48. The van der Waals surface area contributed by atoms with Gasteiger partial charge in [0, 0.05) is 0 Å². The summed E-state index contributed by atoms with van der Waals surface area (Å²) in [6.45, 7) is 3.08. The van der Waals surface area contributed by atoms with Crippen LogP contribution < -0.4 is 45.0 Å². The molecule has 2 spiro atoms. The number of carbonyl (C=O) groups is 2. The van der Waals surface area contributed by atoms with Crippen molar-refractivity contribution in [3.05, 3.63) is 0 Å². The third-order valence-electron chi connectivity index (χ3n) is 8.33. The molecule has 20 N–H and O–H groups in total. The van der Waals surface area contributed by atoms with Gasteiger partial charge in [-0.05, 0) is 0 Å². The van der Waals surface area contributed by atoms with Gasteiger partial charge in [-0.2, -0.15) is 0 Å². The molecule has 258 valence electrons. The highest BCUT2D eigenvalue weighted by atomic mass is 16.6. The number of aliphatic hydroxyl groups is 6. The summed E-state index contributed by atoms with van der Waals surface area (Å²) in [6, 6.07) is -3.60. The predicted octanol–water partition coefficient (Wildman–Crippen LogP) is -8.74. The molecule has 0 aliphatic carbocycles. The third kappa shape index (κ3) is 4.85. The van der Waals surface area contributed by atoms with Gasteiger partial charge in [-0.25, -0.2) is 29.6 Å². The molecule has 2 saturated heterocycles. The number of ether oxygens (including phenoxy) is 2. The number of nitrogens with zero attached hydrogens (tertiary/aromatic N) is 6. The molecule has 6 heterocycles. The molecule has 2 fully saturated rings. The summed E-state index contributed by atoms with van der Waals surface area (Å²) in [6.07, 6.45) is -5.10. The van der Waals surface area contributed by atoms with Crippen molar-refractivity contribution in [1.82, 2.24) is 20.4 Å². The van der Waals surface area contributed by atoms with Gasteiger partial charge >= 0.3 is 12.2 Å². The molecule has 0 saturated carbocycles. The summed E-state index contributed by atoms with van der Waals surface area (Å²) in [5.41, 5.74) is 29.4. The minimum Gasteiger partial charge on any atom is -0.447 e. The Morgan fingerprint density at radius 2 is 1.07 bits per heavy atom. The number of hydrogen-bond acceptors (Lipinski definition) is 22. The molecule has 0 aromatic rings. The topological polar surface area (TPSA) is 410 Å². The van der Waals surface area contributed by atoms with Crippen molar-refractivity contribution in [2.45, 2.75) is 73.1 Å². The fourth-order valence-corrected chi connectivity index (χ4v) is 6.45. The molecule has 0 aromatic heterocycles. The van der Waals surface area contributed by atoms with Gasteiger partial charge in [-0.15, -0.1) is 0 Å². The lowest BCUT2D eigenvalue weighted by molar-refractivity contribution is -0.257. The summed E-state index contributed by atoms with van der Waals surface area (Å²) in [5, 5.41) is 66.7. The molecule has 24 heteroatoms. The zero-order chi connectivity index (χ0) is 34.6. The van der Waals surface area contributed by atoms with Crippen molar-refractivity contribution in [3.8, 4) is 0 Å². The smallest absolute Gasteiger partial charge is 0.404 e. The van der Waals surface area contributed by atoms with E-state index in [-0.39, 0.29) is 50.1 Å². The molecule has 0 bridgehead atoms. The quantitative estimate of drug-likeness (QED) is 0.124. The minimum atomic E-state index is -2.60. The Bertz CT molecular complexity index is 1260. The Balaban J connectivity index is 0.000000198. The van der Waals surface area contributed by atoms with Crippen molar-refractivity contribution in [2.75, 3.05) is 26.3 Å². The summed E-state index contributed by atoms with van der Waals surface area (Å²) in [7, 11) is 0. The van der Waals surface area contributed by atoms with E-state index in [1.807, 2.05) is 13.8 Å². The Hall–Kier alpha value is -4.62. The molecule has 0 radical (unpaired) electrons. The van der Waals surface area contributed by atoms with Crippen LogP contribution in [0.2, 0.25) is 0 Å². The van der Waals surface area contributed by atoms with E-state index in [0.717, 1.165) is 0 Å². The number of aliphatic imine (C=N–C) groups is 4. The van der Waals surface area contributed by atoms with Gasteiger partial charge in [0.25, 0.3) is 0 Å². The first-order valence-corrected chi connectivity index (χ1v) is 13.9. The van der Waals surface area contributed by atoms with Gasteiger partial charge in [-0.1, -0.05) is 13.8 Å². The average molecular weight is 661 g/mol. The number of hydrogen-bond donors (Lipinski definition) is 14. The van der Waals surface area contributed by atoms with Crippen LogP contribution in [0.25, 0.3) is 0 Å². The zero-order valence-corrected chi connectivity index (χ0v) is 24.8. The lowest BCUT2D eigenvalue weighted by Crippen LogP contribution is -2.77. The molecule has 8 atom stereocenters. The number of amides is 2. The molecule has 0 aromatic carbocycles. The van der Waals surface area contributed by atoms with E-state index in [2.05, 4.69) is 30.6 Å². The summed E-state index contributed by atoms with van der Waals surface area (Å²) in [5.74, 6) is -5.51. The van der Waals surface area contributed by atoms with Crippen molar-refractivity contribution >= 4 is 36.0 Å². The van der Waals surface area contributed by atoms with Crippen LogP contribution in [0.5, 0.6) is 0 Å². The molecule has 6 aliphatic rings. The third-order valence-corrected chi connectivity index (χ3v) is 8.33. The summed E-state index contributed by atoms with van der Waals surface area (Å²) in [4.78, 5) is 40.5. The van der Waals surface area contributed by atoms with E-state index in [4.69, 9.17) is 43.9 Å². The van der Waals surface area contributed by atoms with Crippen LogP contribution >= 0.6 is 0 Å². The van der Waals surface area contributed by atoms with Crippen LogP contribution in [0.15, 0.2) is 20.0 Å². The molecule has 0 unspecified atom stereocenters. The first kappa shape index (κ1) is 34.3. The second-order valence-corrected chi connectivity index (χ2v) is 10.8. The van der Waals surface area contributed by atoms with Gasteiger partial charge in [0.1, 0.15) is 49.6 Å². The second-order valence-electron chi connectivity index (χ2n) is 10.8. The van der Waals surface area contributed by atoms with Gasteiger partial charge < -0.3 is 94.9 Å². The number of guanidine groups is 4. The second kappa shape index (κ2) is 11.6. The number of primary amides is 2. The normalized spacial score (nSPS) is 37.0. The highest BCUT2D eigenvalue weighted by Gasteiger charge is 2.74. The largest absolute Gasteiger partial charge is 0.447 e. The zero-order valence-electron chi connectivity index (χ0n) is 24.8. The molecule has 6 aliphatic heterocycles. The number of nitrogens with two attached hydrogens (primary N) is 6. The van der Waals surface area contributed by atoms with Gasteiger partial charge in [0.05, 0.1) is 13.1 Å². The fourth-order valence-electron chi connectivity index (χ4n) is 6.45.